The third-order valence-electron chi connectivity index (χ3n) is 0.683. The fraction of sp³-hybridized carbons (Fsp3) is 0.778. The zero-order chi connectivity index (χ0) is 18.7. The monoisotopic (exact) mass is 362 g/mol. The van der Waals surface area contributed by atoms with Crippen molar-refractivity contribution in [2.75, 3.05) is 33.7 Å². The quantitative estimate of drug-likeness (QED) is 0.400. The van der Waals surface area contributed by atoms with Crippen LogP contribution < -0.4 is 0 Å². The van der Waals surface area contributed by atoms with E-state index in [9.17, 15) is 48.4 Å². The van der Waals surface area contributed by atoms with Gasteiger partial charge in [0.05, 0.1) is 6.61 Å². The normalized spacial score (nSPS) is 10.1. The topological polar surface area (TPSA) is 18.5 Å². The summed E-state index contributed by atoms with van der Waals surface area (Å²) >= 11 is 0. The molecule has 0 saturated heterocycles. The number of hydrogen-bond donors (Lipinski definition) is 0. The van der Waals surface area contributed by atoms with Crippen LogP contribution in [0.25, 0.3) is 0 Å². The van der Waals surface area contributed by atoms with Gasteiger partial charge in [-0.3, -0.25) is 0 Å². The predicted octanol–water partition coefficient (Wildman–Crippen LogP) is 4.97. The average molecular weight is 362 g/mol. The van der Waals surface area contributed by atoms with Crippen LogP contribution in [0, 0.1) is 0 Å². The number of halogens is 11. The van der Waals surface area contributed by atoms with Gasteiger partial charge in [0.1, 0.15) is 0 Å². The molecule has 0 saturated carbocycles. The Labute approximate surface area is 118 Å². The van der Waals surface area contributed by atoms with Crippen LogP contribution in [-0.2, 0) is 9.68 Å². The standard InChI is InChI=1S/C4H7FO.C2H2F4O.C2H2F4.CH2F2/c1-2-3-6-4-5;3-2(4,5)1-7-6;3-1-2(4,5)6;2-1-3/h2H,1,3-4H2;1H2;1H2;1H2. The molecule has 0 rings (SSSR count). The Morgan fingerprint density at radius 3 is 1.27 bits per heavy atom. The zero-order valence-corrected chi connectivity index (χ0v) is 10.8. The minimum Gasteiger partial charge on any atom is -0.346 e. The van der Waals surface area contributed by atoms with Gasteiger partial charge in [0.25, 0.3) is 0 Å². The Morgan fingerprint density at radius 2 is 1.23 bits per heavy atom. The van der Waals surface area contributed by atoms with E-state index in [2.05, 4.69) is 16.3 Å². The van der Waals surface area contributed by atoms with E-state index in [-0.39, 0.29) is 0 Å². The SMILES string of the molecule is C=CCOCF.FCC(F)(F)F.FCF.FOCC(F)(F)F. The summed E-state index contributed by atoms with van der Waals surface area (Å²) < 4.78 is 118. The third-order valence-corrected chi connectivity index (χ3v) is 0.683. The minimum absolute atomic E-state index is 0.302. The van der Waals surface area contributed by atoms with Crippen LogP contribution >= 0.6 is 0 Å². The number of alkyl halides is 10. The van der Waals surface area contributed by atoms with Gasteiger partial charge in [0.2, 0.25) is 6.93 Å². The summed E-state index contributed by atoms with van der Waals surface area (Å²) in [6.07, 6.45) is -7.67. The molecule has 0 atom stereocenters. The lowest BCUT2D eigenvalue weighted by Gasteiger charge is -1.97. The van der Waals surface area contributed by atoms with Gasteiger partial charge in [0.15, 0.2) is 20.1 Å². The van der Waals surface area contributed by atoms with Gasteiger partial charge in [-0.05, 0) is 4.53 Å². The molecule has 0 aliphatic heterocycles. The summed E-state index contributed by atoms with van der Waals surface area (Å²) in [6, 6.07) is 0. The second-order valence-electron chi connectivity index (χ2n) is 2.49. The maximum absolute atomic E-state index is 10.9. The van der Waals surface area contributed by atoms with Crippen LogP contribution in [-0.4, -0.2) is 46.0 Å². The summed E-state index contributed by atoms with van der Waals surface area (Å²) in [4.78, 5) is 2.28. The molecule has 0 aromatic rings. The molecule has 0 radical (unpaired) electrons. The minimum atomic E-state index is -4.62. The van der Waals surface area contributed by atoms with Gasteiger partial charge in [-0.15, -0.1) is 6.58 Å². The fourth-order valence-corrected chi connectivity index (χ4v) is 0.190. The van der Waals surface area contributed by atoms with Crippen molar-refractivity contribution in [2.24, 2.45) is 0 Å². The highest BCUT2D eigenvalue weighted by Crippen LogP contribution is 2.14. The highest BCUT2D eigenvalue weighted by atomic mass is 19.4. The predicted molar refractivity (Wildman–Crippen MR) is 54.4 cm³/mol. The zero-order valence-electron chi connectivity index (χ0n) is 10.8. The van der Waals surface area contributed by atoms with Crippen molar-refractivity contribution in [1.82, 2.24) is 0 Å². The first-order chi connectivity index (χ1) is 9.95. The smallest absolute Gasteiger partial charge is 0.346 e. The summed E-state index contributed by atoms with van der Waals surface area (Å²) in [5, 5.41) is 0. The van der Waals surface area contributed by atoms with E-state index in [1.165, 1.54) is 6.08 Å². The fourth-order valence-electron chi connectivity index (χ4n) is 0.190. The average Bonchev–Trinajstić information content (AvgIpc) is 2.36. The Hall–Kier alpha value is -1.11. The first-order valence-corrected chi connectivity index (χ1v) is 4.75. The molecule has 0 unspecified atom stereocenters. The highest BCUT2D eigenvalue weighted by Gasteiger charge is 2.28. The first-order valence-electron chi connectivity index (χ1n) is 4.75. The summed E-state index contributed by atoms with van der Waals surface area (Å²) in [6.45, 7) is -2.91. The van der Waals surface area contributed by atoms with E-state index in [0.717, 1.165) is 0 Å². The lowest BCUT2D eigenvalue weighted by molar-refractivity contribution is -0.245. The molecule has 0 spiro atoms. The van der Waals surface area contributed by atoms with Gasteiger partial charge < -0.3 is 4.74 Å². The van der Waals surface area contributed by atoms with E-state index in [0.29, 0.717) is 6.61 Å². The van der Waals surface area contributed by atoms with Crippen LogP contribution in [0.1, 0.15) is 0 Å². The molecular weight excluding hydrogens is 349 g/mol. The molecular formula is C9H13F11O2. The molecule has 22 heavy (non-hydrogen) atoms. The van der Waals surface area contributed by atoms with Crippen molar-refractivity contribution < 1.29 is 58.1 Å². The lowest BCUT2D eigenvalue weighted by atomic mass is 10.7. The molecule has 138 valence electrons. The lowest BCUT2D eigenvalue weighted by Crippen LogP contribution is -2.13. The van der Waals surface area contributed by atoms with Crippen LogP contribution in [0.2, 0.25) is 0 Å². The summed E-state index contributed by atoms with van der Waals surface area (Å²) in [5.41, 5.74) is 0. The van der Waals surface area contributed by atoms with Gasteiger partial charge >= 0.3 is 12.4 Å². The number of rotatable bonds is 4. The molecule has 0 heterocycles. The van der Waals surface area contributed by atoms with Gasteiger partial charge in [-0.25, -0.2) is 17.6 Å². The van der Waals surface area contributed by atoms with Gasteiger partial charge in [-0.1, -0.05) is 6.08 Å². The van der Waals surface area contributed by atoms with E-state index >= 15 is 0 Å². The molecule has 0 N–H and O–H groups in total. The van der Waals surface area contributed by atoms with Crippen molar-refractivity contribution in [1.29, 1.82) is 0 Å². The highest BCUT2D eigenvalue weighted by molar-refractivity contribution is 4.62. The van der Waals surface area contributed by atoms with Crippen LogP contribution in [0.15, 0.2) is 12.7 Å². The number of ether oxygens (including phenoxy) is 1. The second-order valence-corrected chi connectivity index (χ2v) is 2.49. The van der Waals surface area contributed by atoms with E-state index in [1.54, 1.807) is 0 Å². The van der Waals surface area contributed by atoms with Crippen molar-refractivity contribution >= 4 is 0 Å². The molecule has 0 bridgehead atoms. The molecule has 0 aliphatic rings. The van der Waals surface area contributed by atoms with E-state index in [1.807, 2.05) is 0 Å². The van der Waals surface area contributed by atoms with E-state index in [4.69, 9.17) is 0 Å². The largest absolute Gasteiger partial charge is 0.416 e. The van der Waals surface area contributed by atoms with E-state index < -0.39 is 39.4 Å². The third kappa shape index (κ3) is 76.5. The van der Waals surface area contributed by atoms with Crippen molar-refractivity contribution in [3.05, 3.63) is 12.7 Å². The number of hydrogen-bond acceptors (Lipinski definition) is 2. The van der Waals surface area contributed by atoms with Gasteiger partial charge in [-0.2, -0.15) is 31.3 Å². The Bertz CT molecular complexity index is 205. The van der Waals surface area contributed by atoms with Crippen LogP contribution in [0.5, 0.6) is 0 Å². The maximum atomic E-state index is 10.9. The molecule has 0 fully saturated rings. The Kier molecular flexibility index (Phi) is 26.2. The first kappa shape index (κ1) is 29.0. The second kappa shape index (κ2) is 19.9. The van der Waals surface area contributed by atoms with Crippen LogP contribution in [0.3, 0.4) is 0 Å². The van der Waals surface area contributed by atoms with Crippen LogP contribution in [0.4, 0.5) is 48.4 Å². The van der Waals surface area contributed by atoms with Crippen molar-refractivity contribution in [3.63, 3.8) is 0 Å². The maximum Gasteiger partial charge on any atom is 0.416 e. The molecule has 13 heteroatoms. The molecule has 0 aromatic heterocycles. The van der Waals surface area contributed by atoms with Crippen molar-refractivity contribution in [2.45, 2.75) is 12.4 Å². The molecule has 0 aliphatic carbocycles. The summed E-state index contributed by atoms with van der Waals surface area (Å²) in [7, 11) is 0. The molecule has 2 nitrogen and oxygen atoms in total. The Balaban J connectivity index is -0.000000102. The molecule has 0 amide bonds. The summed E-state index contributed by atoms with van der Waals surface area (Å²) in [5.74, 6) is 0. The van der Waals surface area contributed by atoms with Crippen molar-refractivity contribution in [3.8, 4) is 0 Å². The Morgan fingerprint density at radius 1 is 0.864 bits per heavy atom. The van der Waals surface area contributed by atoms with Gasteiger partial charge in [0, 0.05) is 0 Å². The molecule has 0 aromatic carbocycles.